The second-order valence-corrected chi connectivity index (χ2v) is 7.35. The van der Waals surface area contributed by atoms with Crippen molar-refractivity contribution in [2.75, 3.05) is 19.8 Å². The van der Waals surface area contributed by atoms with Gasteiger partial charge in [0.25, 0.3) is 0 Å². The van der Waals surface area contributed by atoms with Crippen LogP contribution in [0, 0.1) is 0 Å². The largest absolute Gasteiger partial charge is 0.355 e. The van der Waals surface area contributed by atoms with Crippen LogP contribution in [0.3, 0.4) is 0 Å². The number of piperidine rings is 1. The predicted octanol–water partition coefficient (Wildman–Crippen LogP) is 3.13. The van der Waals surface area contributed by atoms with Gasteiger partial charge in [-0.25, -0.2) is 0 Å². The minimum atomic E-state index is -0.176. The highest BCUT2D eigenvalue weighted by Gasteiger charge is 2.40. The summed E-state index contributed by atoms with van der Waals surface area (Å²) in [5, 5.41) is 3.90. The van der Waals surface area contributed by atoms with Gasteiger partial charge in [-0.15, -0.1) is 0 Å². The van der Waals surface area contributed by atoms with Crippen LogP contribution in [0.1, 0.15) is 49.1 Å². The van der Waals surface area contributed by atoms with E-state index in [1.807, 2.05) is 6.07 Å². The lowest BCUT2D eigenvalue weighted by atomic mass is 9.71. The third-order valence-electron chi connectivity index (χ3n) is 5.33. The van der Waals surface area contributed by atoms with Gasteiger partial charge in [0.1, 0.15) is 0 Å². The molecule has 1 aromatic carbocycles. The van der Waals surface area contributed by atoms with Crippen LogP contribution >= 0.6 is 11.6 Å². The summed E-state index contributed by atoms with van der Waals surface area (Å²) in [4.78, 5) is 11.7. The molecule has 3 fully saturated rings. The zero-order chi connectivity index (χ0) is 15.9. The summed E-state index contributed by atoms with van der Waals surface area (Å²) in [5.41, 5.74) is 2.38. The molecule has 2 saturated heterocycles. The average Bonchev–Trinajstić information content (AvgIpc) is 3.28. The van der Waals surface area contributed by atoms with Crippen molar-refractivity contribution in [3.63, 3.8) is 0 Å². The lowest BCUT2D eigenvalue weighted by Gasteiger charge is -2.39. The lowest BCUT2D eigenvalue weighted by molar-refractivity contribution is -0.124. The molecule has 4 nitrogen and oxygen atoms in total. The van der Waals surface area contributed by atoms with E-state index >= 15 is 0 Å². The fraction of sp³-hybridized carbons (Fsp3) is 0.611. The second kappa shape index (κ2) is 6.08. The van der Waals surface area contributed by atoms with E-state index in [1.165, 1.54) is 24.0 Å². The molecule has 3 aliphatic rings. The van der Waals surface area contributed by atoms with Crippen LogP contribution in [-0.2, 0) is 19.7 Å². The van der Waals surface area contributed by atoms with Crippen LogP contribution in [0.2, 0.25) is 5.02 Å². The highest BCUT2D eigenvalue weighted by molar-refractivity contribution is 6.31. The number of halogens is 1. The minimum absolute atomic E-state index is 0.128. The van der Waals surface area contributed by atoms with Gasteiger partial charge in [-0.2, -0.15) is 0 Å². The van der Waals surface area contributed by atoms with Gasteiger partial charge < -0.3 is 14.8 Å². The Bertz CT molecular complexity index is 598. The number of carbonyl (C=O) groups is 1. The number of nitrogens with one attached hydrogen (secondary N) is 1. The third-order valence-corrected chi connectivity index (χ3v) is 5.67. The molecular formula is C18H22ClNO3. The number of ether oxygens (including phenoxy) is 2. The minimum Gasteiger partial charge on any atom is -0.355 e. The zero-order valence-corrected chi connectivity index (χ0v) is 13.9. The molecule has 0 radical (unpaired) electrons. The van der Waals surface area contributed by atoms with Gasteiger partial charge in [0.05, 0.1) is 13.2 Å². The number of benzene rings is 1. The molecule has 1 aromatic rings. The van der Waals surface area contributed by atoms with Gasteiger partial charge in [-0.05, 0) is 42.4 Å². The van der Waals surface area contributed by atoms with Crippen molar-refractivity contribution in [3.05, 3.63) is 34.3 Å². The van der Waals surface area contributed by atoms with E-state index in [0.29, 0.717) is 32.1 Å². The summed E-state index contributed by atoms with van der Waals surface area (Å²) in [7, 11) is 0. The maximum atomic E-state index is 11.7. The van der Waals surface area contributed by atoms with E-state index in [4.69, 9.17) is 21.1 Å². The first kappa shape index (κ1) is 15.4. The molecule has 0 spiro atoms. The molecule has 5 heteroatoms. The van der Waals surface area contributed by atoms with Crippen molar-refractivity contribution in [2.45, 2.75) is 49.7 Å². The third kappa shape index (κ3) is 3.12. The molecule has 1 N–H and O–H groups in total. The van der Waals surface area contributed by atoms with Crippen LogP contribution in [-0.4, -0.2) is 32.0 Å². The van der Waals surface area contributed by atoms with Crippen molar-refractivity contribution in [3.8, 4) is 0 Å². The van der Waals surface area contributed by atoms with Crippen LogP contribution in [0.5, 0.6) is 0 Å². The first-order chi connectivity index (χ1) is 11.2. The fourth-order valence-electron chi connectivity index (χ4n) is 3.76. The summed E-state index contributed by atoms with van der Waals surface area (Å²) in [6.45, 7) is 1.95. The molecule has 4 rings (SSSR count). The standard InChI is InChI=1S/C18H22ClNO3/c19-15-4-3-13(9-14(15)12-1-2-12)18(6-5-16(21)20-11-18)10-17-22-7-8-23-17/h3-4,9,12,17H,1-2,5-8,10-11H2,(H,20,21)/t18-/m1/s1. The molecule has 2 aliphatic heterocycles. The number of hydrogen-bond acceptors (Lipinski definition) is 3. The Morgan fingerprint density at radius 2 is 2.04 bits per heavy atom. The van der Waals surface area contributed by atoms with Gasteiger partial charge in [-0.3, -0.25) is 4.79 Å². The lowest BCUT2D eigenvalue weighted by Crippen LogP contribution is -2.48. The predicted molar refractivity (Wildman–Crippen MR) is 87.7 cm³/mol. The van der Waals surface area contributed by atoms with Gasteiger partial charge in [-0.1, -0.05) is 23.7 Å². The maximum Gasteiger partial charge on any atom is 0.220 e. The van der Waals surface area contributed by atoms with Crippen molar-refractivity contribution in [1.82, 2.24) is 5.32 Å². The Balaban J connectivity index is 1.66. The van der Waals surface area contributed by atoms with E-state index in [1.54, 1.807) is 0 Å². The molecule has 0 unspecified atom stereocenters. The Morgan fingerprint density at radius 1 is 1.26 bits per heavy atom. The quantitative estimate of drug-likeness (QED) is 0.919. The number of rotatable bonds is 4. The summed E-state index contributed by atoms with van der Waals surface area (Å²) >= 11 is 6.39. The highest BCUT2D eigenvalue weighted by Crippen LogP contribution is 2.46. The maximum absolute atomic E-state index is 11.7. The molecular weight excluding hydrogens is 314 g/mol. The number of hydrogen-bond donors (Lipinski definition) is 1. The van der Waals surface area contributed by atoms with Crippen LogP contribution < -0.4 is 5.32 Å². The van der Waals surface area contributed by atoms with Crippen molar-refractivity contribution in [2.24, 2.45) is 0 Å². The van der Waals surface area contributed by atoms with E-state index < -0.39 is 0 Å². The second-order valence-electron chi connectivity index (χ2n) is 6.94. The van der Waals surface area contributed by atoms with Crippen LogP contribution in [0.25, 0.3) is 0 Å². The van der Waals surface area contributed by atoms with Crippen LogP contribution in [0.4, 0.5) is 0 Å². The van der Waals surface area contributed by atoms with Crippen LogP contribution in [0.15, 0.2) is 18.2 Å². The van der Waals surface area contributed by atoms with Gasteiger partial charge in [0, 0.05) is 29.8 Å². The molecule has 1 aliphatic carbocycles. The molecule has 1 saturated carbocycles. The van der Waals surface area contributed by atoms with E-state index in [-0.39, 0.29) is 17.6 Å². The van der Waals surface area contributed by atoms with Crippen molar-refractivity contribution in [1.29, 1.82) is 0 Å². The summed E-state index contributed by atoms with van der Waals surface area (Å²) in [6.07, 6.45) is 4.43. The summed E-state index contributed by atoms with van der Waals surface area (Å²) < 4.78 is 11.4. The van der Waals surface area contributed by atoms with Crippen molar-refractivity contribution >= 4 is 17.5 Å². The average molecular weight is 336 g/mol. The fourth-order valence-corrected chi connectivity index (χ4v) is 4.03. The molecule has 1 atom stereocenters. The topological polar surface area (TPSA) is 47.6 Å². The summed E-state index contributed by atoms with van der Waals surface area (Å²) in [5.74, 6) is 0.738. The molecule has 124 valence electrons. The first-order valence-electron chi connectivity index (χ1n) is 8.46. The normalized spacial score (nSPS) is 28.8. The monoisotopic (exact) mass is 335 g/mol. The molecule has 1 amide bonds. The van der Waals surface area contributed by atoms with Crippen molar-refractivity contribution < 1.29 is 14.3 Å². The molecule has 23 heavy (non-hydrogen) atoms. The van der Waals surface area contributed by atoms with Gasteiger partial charge >= 0.3 is 0 Å². The van der Waals surface area contributed by atoms with E-state index in [2.05, 4.69) is 17.4 Å². The SMILES string of the molecule is O=C1CC[C@](CC2OCCO2)(c2ccc(Cl)c(C3CC3)c2)CN1. The van der Waals surface area contributed by atoms with Gasteiger partial charge in [0.2, 0.25) is 5.91 Å². The van der Waals surface area contributed by atoms with E-state index in [9.17, 15) is 4.79 Å². The Labute approximate surface area is 141 Å². The Kier molecular flexibility index (Phi) is 4.08. The Morgan fingerprint density at radius 3 is 2.70 bits per heavy atom. The molecule has 0 bridgehead atoms. The molecule has 2 heterocycles. The smallest absolute Gasteiger partial charge is 0.220 e. The number of amides is 1. The first-order valence-corrected chi connectivity index (χ1v) is 8.84. The molecule has 0 aromatic heterocycles. The number of carbonyl (C=O) groups excluding carboxylic acids is 1. The van der Waals surface area contributed by atoms with Gasteiger partial charge in [0.15, 0.2) is 6.29 Å². The Hall–Kier alpha value is -1.10. The zero-order valence-electron chi connectivity index (χ0n) is 13.1. The highest BCUT2D eigenvalue weighted by atomic mass is 35.5. The summed E-state index contributed by atoms with van der Waals surface area (Å²) in [6, 6.07) is 6.38. The van der Waals surface area contributed by atoms with E-state index in [0.717, 1.165) is 17.9 Å².